The summed E-state index contributed by atoms with van der Waals surface area (Å²) < 4.78 is 19.2. The third-order valence-electron chi connectivity index (χ3n) is 2.98. The molecule has 0 aliphatic carbocycles. The average molecular weight is 270 g/mol. The molecule has 2 aromatic carbocycles. The highest BCUT2D eigenvalue weighted by Gasteiger charge is 2.05. The standard InChI is InChI=1S/C16H15FN2O/c1-11(19)13-4-6-15(7-5-13)20-10-14-3-2-12(9-18)8-16(14)17/h2-8,11H,10,19H2,1H3. The highest BCUT2D eigenvalue weighted by atomic mass is 19.1. The van der Waals surface area contributed by atoms with Crippen LogP contribution in [0.25, 0.3) is 0 Å². The number of nitriles is 1. The second-order valence-electron chi connectivity index (χ2n) is 4.56. The van der Waals surface area contributed by atoms with Crippen molar-refractivity contribution in [2.45, 2.75) is 19.6 Å². The Labute approximate surface area is 117 Å². The van der Waals surface area contributed by atoms with Gasteiger partial charge in [0.1, 0.15) is 18.2 Å². The fourth-order valence-corrected chi connectivity index (χ4v) is 1.76. The van der Waals surface area contributed by atoms with Crippen LogP contribution in [0.1, 0.15) is 29.7 Å². The number of ether oxygens (including phenoxy) is 1. The summed E-state index contributed by atoms with van der Waals surface area (Å²) in [7, 11) is 0. The highest BCUT2D eigenvalue weighted by molar-refractivity contribution is 5.33. The molecule has 2 rings (SSSR count). The Bertz CT molecular complexity index is 630. The van der Waals surface area contributed by atoms with Crippen LogP contribution in [0.2, 0.25) is 0 Å². The molecule has 3 nitrogen and oxygen atoms in total. The lowest BCUT2D eigenvalue weighted by Crippen LogP contribution is -2.04. The summed E-state index contributed by atoms with van der Waals surface area (Å²) in [5.74, 6) is 0.217. The van der Waals surface area contributed by atoms with Crippen molar-refractivity contribution in [3.63, 3.8) is 0 Å². The molecule has 20 heavy (non-hydrogen) atoms. The second kappa shape index (κ2) is 6.18. The van der Waals surface area contributed by atoms with E-state index in [1.807, 2.05) is 25.1 Å². The van der Waals surface area contributed by atoms with Gasteiger partial charge in [-0.25, -0.2) is 4.39 Å². The van der Waals surface area contributed by atoms with E-state index in [9.17, 15) is 4.39 Å². The lowest BCUT2D eigenvalue weighted by Gasteiger charge is -2.09. The molecular formula is C16H15FN2O. The minimum Gasteiger partial charge on any atom is -0.489 e. The molecule has 0 radical (unpaired) electrons. The van der Waals surface area contributed by atoms with Gasteiger partial charge in [-0.1, -0.05) is 18.2 Å². The molecule has 0 amide bonds. The van der Waals surface area contributed by atoms with Gasteiger partial charge in [0, 0.05) is 11.6 Å². The summed E-state index contributed by atoms with van der Waals surface area (Å²) >= 11 is 0. The molecule has 0 heterocycles. The Morgan fingerprint density at radius 3 is 2.50 bits per heavy atom. The Morgan fingerprint density at radius 2 is 1.95 bits per heavy atom. The van der Waals surface area contributed by atoms with Crippen LogP contribution < -0.4 is 10.5 Å². The fraction of sp³-hybridized carbons (Fsp3) is 0.188. The van der Waals surface area contributed by atoms with E-state index in [0.29, 0.717) is 16.9 Å². The van der Waals surface area contributed by atoms with Crippen molar-refractivity contribution in [1.82, 2.24) is 0 Å². The van der Waals surface area contributed by atoms with E-state index < -0.39 is 5.82 Å². The molecule has 0 fully saturated rings. The SMILES string of the molecule is CC(N)c1ccc(OCc2ccc(C#N)cc2F)cc1. The van der Waals surface area contributed by atoms with Gasteiger partial charge in [0.2, 0.25) is 0 Å². The minimum atomic E-state index is -0.434. The van der Waals surface area contributed by atoms with Gasteiger partial charge in [-0.15, -0.1) is 0 Å². The average Bonchev–Trinajstić information content (AvgIpc) is 2.46. The summed E-state index contributed by atoms with van der Waals surface area (Å²) in [4.78, 5) is 0. The van der Waals surface area contributed by atoms with Gasteiger partial charge in [-0.2, -0.15) is 5.26 Å². The maximum absolute atomic E-state index is 13.7. The van der Waals surface area contributed by atoms with Crippen LogP contribution >= 0.6 is 0 Å². The smallest absolute Gasteiger partial charge is 0.131 e. The van der Waals surface area contributed by atoms with Crippen LogP contribution in [-0.4, -0.2) is 0 Å². The van der Waals surface area contributed by atoms with Crippen molar-refractivity contribution in [3.8, 4) is 11.8 Å². The molecule has 0 saturated carbocycles. The van der Waals surface area contributed by atoms with Crippen LogP contribution in [0, 0.1) is 17.1 Å². The number of hydrogen-bond acceptors (Lipinski definition) is 3. The lowest BCUT2D eigenvalue weighted by atomic mass is 10.1. The summed E-state index contributed by atoms with van der Waals surface area (Å²) in [6.07, 6.45) is 0. The number of benzene rings is 2. The van der Waals surface area contributed by atoms with E-state index in [1.165, 1.54) is 6.07 Å². The van der Waals surface area contributed by atoms with Crippen molar-refractivity contribution in [1.29, 1.82) is 5.26 Å². The van der Waals surface area contributed by atoms with Gasteiger partial charge >= 0.3 is 0 Å². The van der Waals surface area contributed by atoms with Crippen molar-refractivity contribution in [2.75, 3.05) is 0 Å². The zero-order valence-corrected chi connectivity index (χ0v) is 11.1. The number of hydrogen-bond donors (Lipinski definition) is 1. The first-order valence-electron chi connectivity index (χ1n) is 6.27. The monoisotopic (exact) mass is 270 g/mol. The predicted octanol–water partition coefficient (Wildman–Crippen LogP) is 3.30. The highest BCUT2D eigenvalue weighted by Crippen LogP contribution is 2.18. The van der Waals surface area contributed by atoms with E-state index in [2.05, 4.69) is 0 Å². The molecule has 0 bridgehead atoms. The molecule has 0 aliphatic rings. The Morgan fingerprint density at radius 1 is 1.25 bits per heavy atom. The molecule has 1 atom stereocenters. The van der Waals surface area contributed by atoms with E-state index in [-0.39, 0.29) is 12.6 Å². The topological polar surface area (TPSA) is 59.0 Å². The summed E-state index contributed by atoms with van der Waals surface area (Å²) in [6, 6.07) is 13.6. The Balaban J connectivity index is 2.03. The van der Waals surface area contributed by atoms with Gasteiger partial charge in [-0.05, 0) is 36.8 Å². The molecule has 0 aromatic heterocycles. The van der Waals surface area contributed by atoms with Gasteiger partial charge in [0.05, 0.1) is 11.6 Å². The van der Waals surface area contributed by atoms with Gasteiger partial charge < -0.3 is 10.5 Å². The minimum absolute atomic E-state index is 0.0278. The number of nitrogens with two attached hydrogens (primary N) is 1. The quantitative estimate of drug-likeness (QED) is 0.927. The molecule has 0 spiro atoms. The normalized spacial score (nSPS) is 11.7. The molecular weight excluding hydrogens is 255 g/mol. The van der Waals surface area contributed by atoms with Crippen LogP contribution in [0.3, 0.4) is 0 Å². The van der Waals surface area contributed by atoms with Crippen LogP contribution in [-0.2, 0) is 6.61 Å². The number of halogens is 1. The zero-order chi connectivity index (χ0) is 14.5. The van der Waals surface area contributed by atoms with E-state index in [0.717, 1.165) is 5.56 Å². The predicted molar refractivity (Wildman–Crippen MR) is 74.5 cm³/mol. The second-order valence-corrected chi connectivity index (χ2v) is 4.56. The van der Waals surface area contributed by atoms with Gasteiger partial charge in [0.15, 0.2) is 0 Å². The van der Waals surface area contributed by atoms with Crippen molar-refractivity contribution in [2.24, 2.45) is 5.73 Å². The van der Waals surface area contributed by atoms with Crippen molar-refractivity contribution >= 4 is 0 Å². The third-order valence-corrected chi connectivity index (χ3v) is 2.98. The molecule has 1 unspecified atom stereocenters. The molecule has 4 heteroatoms. The van der Waals surface area contributed by atoms with Crippen LogP contribution in [0.15, 0.2) is 42.5 Å². The van der Waals surface area contributed by atoms with Crippen LogP contribution in [0.4, 0.5) is 4.39 Å². The number of nitrogens with zero attached hydrogens (tertiary/aromatic N) is 1. The molecule has 2 aromatic rings. The third kappa shape index (κ3) is 3.34. The first kappa shape index (κ1) is 14.0. The van der Waals surface area contributed by atoms with Gasteiger partial charge in [0.25, 0.3) is 0 Å². The molecule has 2 N–H and O–H groups in total. The lowest BCUT2D eigenvalue weighted by molar-refractivity contribution is 0.299. The summed E-state index contributed by atoms with van der Waals surface area (Å²) in [5, 5.41) is 8.67. The van der Waals surface area contributed by atoms with Crippen molar-refractivity contribution < 1.29 is 9.13 Å². The Kier molecular flexibility index (Phi) is 4.34. The fourth-order valence-electron chi connectivity index (χ4n) is 1.76. The first-order chi connectivity index (χ1) is 9.60. The summed E-state index contributed by atoms with van der Waals surface area (Å²) in [5.41, 5.74) is 7.49. The molecule has 0 aliphatic heterocycles. The van der Waals surface area contributed by atoms with E-state index in [4.69, 9.17) is 15.7 Å². The summed E-state index contributed by atoms with van der Waals surface area (Å²) in [6.45, 7) is 2.02. The van der Waals surface area contributed by atoms with E-state index in [1.54, 1.807) is 24.3 Å². The first-order valence-corrected chi connectivity index (χ1v) is 6.27. The Hall–Kier alpha value is -2.38. The van der Waals surface area contributed by atoms with Crippen molar-refractivity contribution in [3.05, 3.63) is 65.0 Å². The zero-order valence-electron chi connectivity index (χ0n) is 11.1. The van der Waals surface area contributed by atoms with Gasteiger partial charge in [-0.3, -0.25) is 0 Å². The maximum Gasteiger partial charge on any atom is 0.131 e. The van der Waals surface area contributed by atoms with E-state index >= 15 is 0 Å². The largest absolute Gasteiger partial charge is 0.489 e. The molecule has 102 valence electrons. The number of rotatable bonds is 4. The molecule has 0 saturated heterocycles. The van der Waals surface area contributed by atoms with Crippen LogP contribution in [0.5, 0.6) is 5.75 Å². The maximum atomic E-state index is 13.7.